The van der Waals surface area contributed by atoms with E-state index in [1.54, 1.807) is 19.5 Å². The lowest BCUT2D eigenvalue weighted by molar-refractivity contribution is 0.0511. The Morgan fingerprint density at radius 2 is 2.05 bits per heavy atom. The van der Waals surface area contributed by atoms with Crippen molar-refractivity contribution in [3.8, 4) is 11.8 Å². The molecule has 4 nitrogen and oxygen atoms in total. The summed E-state index contributed by atoms with van der Waals surface area (Å²) in [4.78, 5) is 4.07. The van der Waals surface area contributed by atoms with Crippen LogP contribution in [0.3, 0.4) is 0 Å². The van der Waals surface area contributed by atoms with Crippen LogP contribution in [0.2, 0.25) is 0 Å². The molecule has 0 N–H and O–H groups in total. The first-order valence-corrected chi connectivity index (χ1v) is 6.33. The van der Waals surface area contributed by atoms with Gasteiger partial charge in [-0.15, -0.1) is 0 Å². The maximum absolute atomic E-state index is 9.33. The van der Waals surface area contributed by atoms with Crippen molar-refractivity contribution >= 4 is 0 Å². The highest BCUT2D eigenvalue weighted by molar-refractivity contribution is 5.33. The van der Waals surface area contributed by atoms with Crippen LogP contribution in [0.5, 0.6) is 5.75 Å². The maximum Gasteiger partial charge on any atom is 0.188 e. The van der Waals surface area contributed by atoms with Gasteiger partial charge in [-0.2, -0.15) is 5.26 Å². The van der Waals surface area contributed by atoms with Gasteiger partial charge in [0.15, 0.2) is 6.79 Å². The highest BCUT2D eigenvalue weighted by Crippen LogP contribution is 2.22. The minimum Gasteiger partial charge on any atom is -0.468 e. The van der Waals surface area contributed by atoms with E-state index < -0.39 is 0 Å². The molecule has 20 heavy (non-hydrogen) atoms. The second-order valence-corrected chi connectivity index (χ2v) is 4.37. The van der Waals surface area contributed by atoms with Crippen molar-refractivity contribution in [3.05, 3.63) is 59.9 Å². The number of pyridine rings is 1. The van der Waals surface area contributed by atoms with Gasteiger partial charge in [-0.05, 0) is 35.7 Å². The second-order valence-electron chi connectivity index (χ2n) is 4.37. The van der Waals surface area contributed by atoms with Crippen LogP contribution in [0.4, 0.5) is 0 Å². The van der Waals surface area contributed by atoms with Gasteiger partial charge < -0.3 is 9.47 Å². The number of hydrogen-bond donors (Lipinski definition) is 0. The predicted octanol–water partition coefficient (Wildman–Crippen LogP) is 2.91. The highest BCUT2D eigenvalue weighted by atomic mass is 16.7. The van der Waals surface area contributed by atoms with E-state index >= 15 is 0 Å². The van der Waals surface area contributed by atoms with Crippen LogP contribution in [0.15, 0.2) is 48.8 Å². The number of hydrogen-bond acceptors (Lipinski definition) is 4. The Morgan fingerprint density at radius 1 is 1.25 bits per heavy atom. The Bertz CT molecular complexity index is 561. The molecule has 1 aromatic heterocycles. The molecule has 0 saturated heterocycles. The predicted molar refractivity (Wildman–Crippen MR) is 75.2 cm³/mol. The SMILES string of the molecule is COCOc1ccc(C(C#N)Cc2cccnc2)cc1. The molecule has 1 atom stereocenters. The van der Waals surface area contributed by atoms with Gasteiger partial charge in [0.25, 0.3) is 0 Å². The molecule has 1 unspecified atom stereocenters. The Hall–Kier alpha value is -2.38. The largest absolute Gasteiger partial charge is 0.468 e. The van der Waals surface area contributed by atoms with Crippen LogP contribution in [0.25, 0.3) is 0 Å². The first-order valence-electron chi connectivity index (χ1n) is 6.33. The molecular formula is C16H16N2O2. The highest BCUT2D eigenvalue weighted by Gasteiger charge is 2.11. The van der Waals surface area contributed by atoms with Crippen LogP contribution >= 0.6 is 0 Å². The molecule has 0 spiro atoms. The number of benzene rings is 1. The zero-order chi connectivity index (χ0) is 14.2. The Labute approximate surface area is 118 Å². The van der Waals surface area contributed by atoms with E-state index in [0.29, 0.717) is 6.42 Å². The van der Waals surface area contributed by atoms with Gasteiger partial charge in [0.1, 0.15) is 5.75 Å². The van der Waals surface area contributed by atoms with Crippen LogP contribution in [-0.2, 0) is 11.2 Å². The zero-order valence-corrected chi connectivity index (χ0v) is 11.3. The molecule has 0 aliphatic heterocycles. The number of ether oxygens (including phenoxy) is 2. The van der Waals surface area contributed by atoms with Gasteiger partial charge in [0, 0.05) is 19.5 Å². The van der Waals surface area contributed by atoms with E-state index in [9.17, 15) is 5.26 Å². The van der Waals surface area contributed by atoms with E-state index in [-0.39, 0.29) is 12.7 Å². The molecule has 1 aromatic carbocycles. The monoisotopic (exact) mass is 268 g/mol. The van der Waals surface area contributed by atoms with Gasteiger partial charge in [-0.1, -0.05) is 18.2 Å². The normalized spacial score (nSPS) is 11.6. The molecule has 2 aromatic rings. The number of nitriles is 1. The molecule has 0 aliphatic carbocycles. The smallest absolute Gasteiger partial charge is 0.188 e. The van der Waals surface area contributed by atoms with Crippen LogP contribution < -0.4 is 4.74 Å². The molecule has 2 rings (SSSR count). The summed E-state index contributed by atoms with van der Waals surface area (Å²) in [6.07, 6.45) is 4.18. The fourth-order valence-corrected chi connectivity index (χ4v) is 1.92. The van der Waals surface area contributed by atoms with Crippen molar-refractivity contribution in [2.24, 2.45) is 0 Å². The first-order chi connectivity index (χ1) is 9.83. The number of methoxy groups -OCH3 is 1. The molecule has 0 amide bonds. The summed E-state index contributed by atoms with van der Waals surface area (Å²) in [6.45, 7) is 0.219. The molecule has 0 radical (unpaired) electrons. The van der Waals surface area contributed by atoms with E-state index in [2.05, 4.69) is 11.1 Å². The standard InChI is InChI=1S/C16H16N2O2/c1-19-12-20-16-6-4-14(5-7-16)15(10-17)9-13-3-2-8-18-11-13/h2-8,11,15H,9,12H2,1H3. The second kappa shape index (κ2) is 7.27. The summed E-state index contributed by atoms with van der Waals surface area (Å²) < 4.78 is 10.2. The van der Waals surface area contributed by atoms with Gasteiger partial charge in [0.05, 0.1) is 12.0 Å². The number of aromatic nitrogens is 1. The van der Waals surface area contributed by atoms with Gasteiger partial charge in [-0.25, -0.2) is 0 Å². The fraction of sp³-hybridized carbons (Fsp3) is 0.250. The van der Waals surface area contributed by atoms with E-state index in [1.807, 2.05) is 36.4 Å². The third-order valence-electron chi connectivity index (χ3n) is 2.94. The minimum absolute atomic E-state index is 0.185. The average molecular weight is 268 g/mol. The molecule has 0 aliphatic rings. The number of nitrogens with zero attached hydrogens (tertiary/aromatic N) is 2. The van der Waals surface area contributed by atoms with Gasteiger partial charge >= 0.3 is 0 Å². The quantitative estimate of drug-likeness (QED) is 0.756. The average Bonchev–Trinajstić information content (AvgIpc) is 2.52. The van der Waals surface area contributed by atoms with E-state index in [0.717, 1.165) is 16.9 Å². The van der Waals surface area contributed by atoms with Gasteiger partial charge in [0.2, 0.25) is 0 Å². The lowest BCUT2D eigenvalue weighted by Gasteiger charge is -2.10. The summed E-state index contributed by atoms with van der Waals surface area (Å²) in [5.74, 6) is 0.546. The van der Waals surface area contributed by atoms with Crippen LogP contribution in [0.1, 0.15) is 17.0 Å². The molecule has 0 saturated carbocycles. The molecule has 1 heterocycles. The molecule has 102 valence electrons. The third-order valence-corrected chi connectivity index (χ3v) is 2.94. The summed E-state index contributed by atoms with van der Waals surface area (Å²) in [5.41, 5.74) is 2.03. The summed E-state index contributed by atoms with van der Waals surface area (Å²) in [6, 6.07) is 13.7. The fourth-order valence-electron chi connectivity index (χ4n) is 1.92. The number of rotatable bonds is 6. The summed E-state index contributed by atoms with van der Waals surface area (Å²) in [5, 5.41) is 9.33. The van der Waals surface area contributed by atoms with Crippen molar-refractivity contribution in [2.75, 3.05) is 13.9 Å². The third kappa shape index (κ3) is 3.81. The molecular weight excluding hydrogens is 252 g/mol. The molecule has 0 bridgehead atoms. The van der Waals surface area contributed by atoms with Crippen molar-refractivity contribution in [1.82, 2.24) is 4.98 Å². The van der Waals surface area contributed by atoms with Crippen molar-refractivity contribution in [2.45, 2.75) is 12.3 Å². The first kappa shape index (κ1) is 14.0. The van der Waals surface area contributed by atoms with Crippen molar-refractivity contribution in [1.29, 1.82) is 5.26 Å². The Morgan fingerprint density at radius 3 is 2.65 bits per heavy atom. The Balaban J connectivity index is 2.06. The van der Waals surface area contributed by atoms with Gasteiger partial charge in [-0.3, -0.25) is 4.98 Å². The summed E-state index contributed by atoms with van der Waals surface area (Å²) in [7, 11) is 1.58. The van der Waals surface area contributed by atoms with E-state index in [1.165, 1.54) is 0 Å². The molecule has 0 fully saturated rings. The minimum atomic E-state index is -0.185. The Kier molecular flexibility index (Phi) is 5.10. The topological polar surface area (TPSA) is 55.1 Å². The molecule has 4 heteroatoms. The lowest BCUT2D eigenvalue weighted by atomic mass is 9.94. The summed E-state index contributed by atoms with van der Waals surface area (Å²) >= 11 is 0. The lowest BCUT2D eigenvalue weighted by Crippen LogP contribution is -2.02. The van der Waals surface area contributed by atoms with Crippen LogP contribution in [0, 0.1) is 11.3 Å². The van der Waals surface area contributed by atoms with Crippen LogP contribution in [-0.4, -0.2) is 18.9 Å². The zero-order valence-electron chi connectivity index (χ0n) is 11.3. The van der Waals surface area contributed by atoms with Crippen molar-refractivity contribution in [3.63, 3.8) is 0 Å². The maximum atomic E-state index is 9.33. The van der Waals surface area contributed by atoms with E-state index in [4.69, 9.17) is 9.47 Å². The van der Waals surface area contributed by atoms with Crippen molar-refractivity contribution < 1.29 is 9.47 Å².